The largest absolute Gasteiger partial charge is 0.0847 e. The van der Waals surface area contributed by atoms with Gasteiger partial charge in [-0.2, -0.15) is 0 Å². The lowest BCUT2D eigenvalue weighted by Gasteiger charge is -2.21. The van der Waals surface area contributed by atoms with E-state index in [0.29, 0.717) is 0 Å². The van der Waals surface area contributed by atoms with E-state index in [-0.39, 0.29) is 0 Å². The zero-order valence-corrected chi connectivity index (χ0v) is 13.5. The molecule has 1 heteroatoms. The molecule has 1 aromatic carbocycles. The van der Waals surface area contributed by atoms with Gasteiger partial charge in [0.05, 0.1) is 8.07 Å². The van der Waals surface area contributed by atoms with Gasteiger partial charge in [0.2, 0.25) is 0 Å². The minimum atomic E-state index is -1.23. The lowest BCUT2D eigenvalue weighted by atomic mass is 10.1. The quantitative estimate of drug-likeness (QED) is 0.422. The van der Waals surface area contributed by atoms with Crippen LogP contribution in [0.1, 0.15) is 44.6 Å². The van der Waals surface area contributed by atoms with Crippen LogP contribution in [0.2, 0.25) is 19.6 Å². The summed E-state index contributed by atoms with van der Waals surface area (Å²) in [6.07, 6.45) is 9.17. The Morgan fingerprint density at radius 1 is 1.00 bits per heavy atom. The van der Waals surface area contributed by atoms with Crippen LogP contribution in [0, 0.1) is 0 Å². The van der Waals surface area contributed by atoms with Crippen molar-refractivity contribution >= 4 is 13.3 Å². The first-order valence-corrected chi connectivity index (χ1v) is 10.8. The summed E-state index contributed by atoms with van der Waals surface area (Å²) in [6.45, 7) is 9.60. The van der Waals surface area contributed by atoms with Crippen LogP contribution < -0.4 is 0 Å². The molecule has 1 aromatic rings. The highest BCUT2D eigenvalue weighted by molar-refractivity contribution is 6.93. The van der Waals surface area contributed by atoms with Gasteiger partial charge in [-0.15, -0.1) is 0 Å². The Balaban J connectivity index is 2.71. The Morgan fingerprint density at radius 3 is 2.22 bits per heavy atom. The minimum absolute atomic E-state index is 1.23. The van der Waals surface area contributed by atoms with Crippen LogP contribution in [-0.4, -0.2) is 8.07 Å². The van der Waals surface area contributed by atoms with Gasteiger partial charge in [-0.3, -0.25) is 0 Å². The van der Waals surface area contributed by atoms with Crippen LogP contribution in [0.25, 0.3) is 5.20 Å². The first kappa shape index (κ1) is 15.2. The Bertz CT molecular complexity index is 357. The second kappa shape index (κ2) is 7.58. The molecule has 0 aliphatic carbocycles. The first-order chi connectivity index (χ1) is 8.55. The Morgan fingerprint density at radius 2 is 1.67 bits per heavy atom. The van der Waals surface area contributed by atoms with Crippen molar-refractivity contribution in [3.8, 4) is 0 Å². The summed E-state index contributed by atoms with van der Waals surface area (Å²) >= 11 is 0. The van der Waals surface area contributed by atoms with Gasteiger partial charge in [0.1, 0.15) is 0 Å². The standard InChI is InChI=1S/C17H28Si/c1-5-6-7-8-12-15-17(18(2,3)4)16-13-10-9-11-14-16/h9-11,13-15H,5-8,12H2,1-4H3/b17-15-. The molecular formula is C17H28Si. The van der Waals surface area contributed by atoms with Crippen LogP contribution in [0.3, 0.4) is 0 Å². The van der Waals surface area contributed by atoms with E-state index in [9.17, 15) is 0 Å². The molecule has 0 aliphatic heterocycles. The third kappa shape index (κ3) is 5.22. The van der Waals surface area contributed by atoms with Crippen molar-refractivity contribution in [2.45, 2.75) is 58.7 Å². The van der Waals surface area contributed by atoms with Crippen molar-refractivity contribution in [3.63, 3.8) is 0 Å². The maximum atomic E-state index is 2.51. The number of unbranched alkanes of at least 4 members (excludes halogenated alkanes) is 4. The third-order valence-electron chi connectivity index (χ3n) is 3.30. The number of rotatable bonds is 7. The van der Waals surface area contributed by atoms with E-state index in [4.69, 9.17) is 0 Å². The Labute approximate surface area is 114 Å². The highest BCUT2D eigenvalue weighted by Crippen LogP contribution is 2.26. The molecule has 0 unspecified atom stereocenters. The third-order valence-corrected chi connectivity index (χ3v) is 5.41. The minimum Gasteiger partial charge on any atom is -0.0847 e. The van der Waals surface area contributed by atoms with E-state index in [0.717, 1.165) is 0 Å². The fraction of sp³-hybridized carbons (Fsp3) is 0.529. The summed E-state index contributed by atoms with van der Waals surface area (Å²) in [4.78, 5) is 0. The van der Waals surface area contributed by atoms with Crippen LogP contribution in [-0.2, 0) is 0 Å². The normalized spacial score (nSPS) is 12.8. The highest BCUT2D eigenvalue weighted by atomic mass is 28.3. The summed E-state index contributed by atoms with van der Waals surface area (Å²) in [5, 5.41) is 1.62. The summed E-state index contributed by atoms with van der Waals surface area (Å²) < 4.78 is 0. The molecule has 100 valence electrons. The van der Waals surface area contributed by atoms with Gasteiger partial charge >= 0.3 is 0 Å². The van der Waals surface area contributed by atoms with E-state index < -0.39 is 8.07 Å². The molecular weight excluding hydrogens is 232 g/mol. The van der Waals surface area contributed by atoms with E-state index in [2.05, 4.69) is 63.0 Å². The van der Waals surface area contributed by atoms with Gasteiger partial charge in [0.15, 0.2) is 0 Å². The van der Waals surface area contributed by atoms with E-state index in [1.807, 2.05) is 0 Å². The summed E-state index contributed by atoms with van der Waals surface area (Å²) in [5.41, 5.74) is 1.44. The van der Waals surface area contributed by atoms with Gasteiger partial charge in [-0.05, 0) is 18.4 Å². The van der Waals surface area contributed by atoms with Crippen LogP contribution in [0.4, 0.5) is 0 Å². The monoisotopic (exact) mass is 260 g/mol. The van der Waals surface area contributed by atoms with E-state index in [1.165, 1.54) is 37.7 Å². The lowest BCUT2D eigenvalue weighted by molar-refractivity contribution is 0.675. The zero-order valence-electron chi connectivity index (χ0n) is 12.5. The predicted molar refractivity (Wildman–Crippen MR) is 86.5 cm³/mol. The molecule has 0 spiro atoms. The maximum Gasteiger partial charge on any atom is 0.0779 e. The first-order valence-electron chi connectivity index (χ1n) is 7.31. The molecule has 0 fully saturated rings. The van der Waals surface area contributed by atoms with Crippen LogP contribution in [0.5, 0.6) is 0 Å². The van der Waals surface area contributed by atoms with Crippen LogP contribution in [0.15, 0.2) is 36.4 Å². The molecule has 0 atom stereocenters. The summed E-state index contributed by atoms with van der Waals surface area (Å²) in [5.74, 6) is 0. The Hall–Kier alpha value is -0.823. The Kier molecular flexibility index (Phi) is 6.41. The smallest absolute Gasteiger partial charge is 0.0779 e. The number of benzene rings is 1. The van der Waals surface area contributed by atoms with Crippen molar-refractivity contribution in [2.24, 2.45) is 0 Å². The molecule has 0 nitrogen and oxygen atoms in total. The average molecular weight is 260 g/mol. The molecule has 0 heterocycles. The zero-order chi connectivity index (χ0) is 13.4. The molecule has 0 saturated heterocycles. The average Bonchev–Trinajstić information content (AvgIpc) is 2.33. The highest BCUT2D eigenvalue weighted by Gasteiger charge is 2.20. The van der Waals surface area contributed by atoms with Gasteiger partial charge in [0, 0.05) is 0 Å². The van der Waals surface area contributed by atoms with Gasteiger partial charge in [-0.1, -0.05) is 87.4 Å². The van der Waals surface area contributed by atoms with Crippen molar-refractivity contribution in [1.82, 2.24) is 0 Å². The second-order valence-corrected chi connectivity index (χ2v) is 11.1. The molecule has 0 radical (unpaired) electrons. The van der Waals surface area contributed by atoms with Crippen molar-refractivity contribution < 1.29 is 0 Å². The number of hydrogen-bond donors (Lipinski definition) is 0. The molecule has 0 amide bonds. The topological polar surface area (TPSA) is 0 Å². The fourth-order valence-corrected chi connectivity index (χ4v) is 4.08. The SMILES string of the molecule is CCCCCC/C=C(/c1ccccc1)[Si](C)(C)C. The van der Waals surface area contributed by atoms with Crippen molar-refractivity contribution in [3.05, 3.63) is 42.0 Å². The molecule has 0 aliphatic rings. The fourth-order valence-electron chi connectivity index (χ4n) is 2.29. The van der Waals surface area contributed by atoms with Gasteiger partial charge in [0.25, 0.3) is 0 Å². The molecule has 0 bridgehead atoms. The summed E-state index contributed by atoms with van der Waals surface area (Å²) in [6, 6.07) is 10.9. The second-order valence-electron chi connectivity index (χ2n) is 6.08. The predicted octanol–water partition coefficient (Wildman–Crippen LogP) is 5.92. The molecule has 0 N–H and O–H groups in total. The summed E-state index contributed by atoms with van der Waals surface area (Å²) in [7, 11) is -1.23. The van der Waals surface area contributed by atoms with Crippen LogP contribution >= 0.6 is 0 Å². The molecule has 0 saturated carbocycles. The number of allylic oxidation sites excluding steroid dienone is 1. The number of hydrogen-bond acceptors (Lipinski definition) is 0. The lowest BCUT2D eigenvalue weighted by Crippen LogP contribution is -2.22. The molecule has 1 rings (SSSR count). The maximum absolute atomic E-state index is 2.51. The van der Waals surface area contributed by atoms with Gasteiger partial charge < -0.3 is 0 Å². The van der Waals surface area contributed by atoms with E-state index >= 15 is 0 Å². The van der Waals surface area contributed by atoms with E-state index in [1.54, 1.807) is 5.20 Å². The van der Waals surface area contributed by atoms with Crippen molar-refractivity contribution in [1.29, 1.82) is 0 Å². The van der Waals surface area contributed by atoms with Gasteiger partial charge in [-0.25, -0.2) is 0 Å². The molecule has 0 aromatic heterocycles. The molecule has 18 heavy (non-hydrogen) atoms. The van der Waals surface area contributed by atoms with Crippen molar-refractivity contribution in [2.75, 3.05) is 0 Å².